The summed E-state index contributed by atoms with van der Waals surface area (Å²) in [5.74, 6) is -2.24. The molecule has 0 unspecified atom stereocenters. The molecule has 0 radical (unpaired) electrons. The summed E-state index contributed by atoms with van der Waals surface area (Å²) in [7, 11) is -4.04. The van der Waals surface area contributed by atoms with Gasteiger partial charge in [0.2, 0.25) is 10.0 Å². The maximum atomic E-state index is 14.2. The third-order valence-electron chi connectivity index (χ3n) is 6.99. The van der Waals surface area contributed by atoms with Gasteiger partial charge in [0.15, 0.2) is 0 Å². The first-order chi connectivity index (χ1) is 21.3. The molecule has 0 aliphatic carbocycles. The van der Waals surface area contributed by atoms with E-state index in [1.807, 2.05) is 32.0 Å². The molecule has 0 spiro atoms. The fourth-order valence-electron chi connectivity index (χ4n) is 5.11. The molecule has 1 aromatic heterocycles. The molecule has 0 bridgehead atoms. The second-order valence-electron chi connectivity index (χ2n) is 10.8. The summed E-state index contributed by atoms with van der Waals surface area (Å²) in [5.41, 5.74) is 3.14. The Morgan fingerprint density at radius 3 is 2.20 bits per heavy atom. The predicted octanol–water partition coefficient (Wildman–Crippen LogP) is 2.16. The van der Waals surface area contributed by atoms with Crippen LogP contribution in [0, 0.1) is 5.82 Å². The van der Waals surface area contributed by atoms with Gasteiger partial charge in [-0.2, -0.15) is 0 Å². The number of anilines is 1. The van der Waals surface area contributed by atoms with Crippen LogP contribution in [0.25, 0.3) is 28.3 Å². The van der Waals surface area contributed by atoms with Crippen molar-refractivity contribution in [1.29, 1.82) is 0 Å². The summed E-state index contributed by atoms with van der Waals surface area (Å²) in [6.07, 6.45) is -0.307. The van der Waals surface area contributed by atoms with Crippen LogP contribution >= 0.6 is 0 Å². The number of nitrogens with zero attached hydrogens (tertiary/aromatic N) is 1. The predicted molar refractivity (Wildman–Crippen MR) is 170 cm³/mol. The number of rotatable bonds is 12. The van der Waals surface area contributed by atoms with Crippen LogP contribution in [-0.2, 0) is 14.8 Å². The number of nitrogens with two attached hydrogens (primary N) is 1. The fourth-order valence-corrected chi connectivity index (χ4v) is 5.67. The van der Waals surface area contributed by atoms with Crippen molar-refractivity contribution in [3.63, 3.8) is 0 Å². The van der Waals surface area contributed by atoms with Crippen LogP contribution in [0.3, 0.4) is 0 Å². The van der Waals surface area contributed by atoms with Crippen LogP contribution in [0.4, 0.5) is 10.1 Å². The van der Waals surface area contributed by atoms with Crippen molar-refractivity contribution in [3.05, 3.63) is 102 Å². The number of halogens is 1. The molecule has 4 rings (SSSR count). The number of aliphatic carboxylic acids is 1. The Balaban J connectivity index is 0.00000384. The molecular formula is C33H35FN3NaO7S. The molecule has 1 amide bonds. The number of amides is 1. The van der Waals surface area contributed by atoms with Gasteiger partial charge < -0.3 is 26.6 Å². The number of aliphatic hydroxyl groups excluding tert-OH is 2. The number of hydrogen-bond acceptors (Lipinski definition) is 6. The Morgan fingerprint density at radius 2 is 1.61 bits per heavy atom. The van der Waals surface area contributed by atoms with Crippen molar-refractivity contribution in [1.82, 2.24) is 4.57 Å². The Morgan fingerprint density at radius 1 is 0.978 bits per heavy atom. The number of primary sulfonamides is 1. The van der Waals surface area contributed by atoms with E-state index in [0.29, 0.717) is 27.9 Å². The first-order valence-corrected chi connectivity index (χ1v) is 15.6. The van der Waals surface area contributed by atoms with Crippen molar-refractivity contribution in [3.8, 4) is 22.3 Å². The third-order valence-corrected chi connectivity index (χ3v) is 7.90. The second-order valence-corrected chi connectivity index (χ2v) is 12.3. The quantitative estimate of drug-likeness (QED) is 0.145. The Kier molecular flexibility index (Phi) is 12.6. The number of benzene rings is 3. The summed E-state index contributed by atoms with van der Waals surface area (Å²) >= 11 is 0. The fraction of sp³-hybridized carbons (Fsp3) is 0.212. The van der Waals surface area contributed by atoms with E-state index in [-0.39, 0.29) is 59.7 Å². The van der Waals surface area contributed by atoms with Gasteiger partial charge in [-0.1, -0.05) is 54.6 Å². The minimum absolute atomic E-state index is 0. The van der Waals surface area contributed by atoms with Crippen LogP contribution in [0.15, 0.2) is 89.8 Å². The zero-order valence-corrected chi connectivity index (χ0v) is 28.4. The molecule has 2 atom stereocenters. The van der Waals surface area contributed by atoms with Crippen LogP contribution < -0.4 is 40.0 Å². The molecule has 238 valence electrons. The van der Waals surface area contributed by atoms with Crippen LogP contribution in [0.1, 0.15) is 50.3 Å². The number of carbonyl (C=O) groups excluding carboxylic acids is 1. The minimum Gasteiger partial charge on any atom is -1.00 e. The zero-order valence-electron chi connectivity index (χ0n) is 26.6. The molecule has 0 fully saturated rings. The minimum atomic E-state index is -4.04. The van der Waals surface area contributed by atoms with Gasteiger partial charge in [0, 0.05) is 35.0 Å². The van der Waals surface area contributed by atoms with E-state index in [4.69, 9.17) is 10.2 Å². The number of carboxylic acid groups (broad SMARTS) is 1. The Labute approximate surface area is 290 Å². The number of carbonyl (C=O) groups is 2. The number of aromatic nitrogens is 1. The first kappa shape index (κ1) is 36.8. The SMILES string of the molecule is CC(C)n1c(/C=C/[C@@H](O)C[C@@H](O)CC(=O)O)c(-c2ccc(F)cc2)c(-c2ccccc2)c1C(=O)Nc1cccc(S(N)(=O)=O)c1.[H-].[Na+]. The Hall–Kier alpha value is -3.62. The molecular weight excluding hydrogens is 624 g/mol. The average molecular weight is 660 g/mol. The molecule has 10 nitrogen and oxygen atoms in total. The Bertz CT molecular complexity index is 1830. The monoisotopic (exact) mass is 659 g/mol. The summed E-state index contributed by atoms with van der Waals surface area (Å²) < 4.78 is 39.7. The molecule has 13 heteroatoms. The number of carboxylic acids is 1. The maximum absolute atomic E-state index is 14.2. The molecule has 46 heavy (non-hydrogen) atoms. The number of hydrogen-bond donors (Lipinski definition) is 5. The molecule has 0 aliphatic heterocycles. The van der Waals surface area contributed by atoms with Gasteiger partial charge in [-0.3, -0.25) is 9.59 Å². The van der Waals surface area contributed by atoms with Gasteiger partial charge in [0.25, 0.3) is 5.91 Å². The second kappa shape index (κ2) is 15.8. The largest absolute Gasteiger partial charge is 1.00 e. The standard InChI is InChI=1S/C33H34FN3O7S.Na.H/c1-20(2)37-28(16-15-25(38)18-26(39)19-29(40)41)30(22-11-13-23(34)14-12-22)31(21-7-4-3-5-8-21)32(37)33(42)36-24-9-6-10-27(17-24)45(35,43)44;;/h3-17,20,25-26,38-39H,18-19H2,1-2H3,(H,36,42)(H,40,41)(H2,35,43,44);;/q;+1;-1/b16-15+;;/t25-,26-;;/m1../s1. The van der Waals surface area contributed by atoms with Crippen molar-refractivity contribution in [2.75, 3.05) is 5.32 Å². The van der Waals surface area contributed by atoms with Gasteiger partial charge in [-0.05, 0) is 61.4 Å². The zero-order chi connectivity index (χ0) is 32.9. The summed E-state index contributed by atoms with van der Waals surface area (Å²) in [4.78, 5) is 25.0. The van der Waals surface area contributed by atoms with Crippen molar-refractivity contribution >= 4 is 33.7 Å². The van der Waals surface area contributed by atoms with Crippen molar-refractivity contribution in [2.24, 2.45) is 5.14 Å². The number of aliphatic hydroxyl groups is 2. The van der Waals surface area contributed by atoms with E-state index in [1.165, 1.54) is 42.5 Å². The van der Waals surface area contributed by atoms with E-state index in [9.17, 15) is 32.6 Å². The molecule has 0 aliphatic rings. The van der Waals surface area contributed by atoms with Crippen LogP contribution in [0.5, 0.6) is 0 Å². The van der Waals surface area contributed by atoms with Crippen LogP contribution in [0.2, 0.25) is 0 Å². The molecule has 1 heterocycles. The van der Waals surface area contributed by atoms with Gasteiger partial charge in [0.05, 0.1) is 23.5 Å². The van der Waals surface area contributed by atoms with Crippen LogP contribution in [-0.4, -0.2) is 52.4 Å². The van der Waals surface area contributed by atoms with Crippen molar-refractivity contribution in [2.45, 2.75) is 49.8 Å². The average Bonchev–Trinajstić information content (AvgIpc) is 3.32. The molecule has 6 N–H and O–H groups in total. The van der Waals surface area contributed by atoms with E-state index < -0.39 is 46.3 Å². The number of nitrogens with one attached hydrogen (secondary N) is 1. The molecule has 4 aromatic rings. The van der Waals surface area contributed by atoms with E-state index in [0.717, 1.165) is 0 Å². The number of sulfonamides is 1. The molecule has 0 saturated carbocycles. The van der Waals surface area contributed by atoms with Gasteiger partial charge >= 0.3 is 35.5 Å². The van der Waals surface area contributed by atoms with Crippen molar-refractivity contribution < 1.29 is 68.7 Å². The third kappa shape index (κ3) is 9.01. The van der Waals surface area contributed by atoms with Gasteiger partial charge in [0.1, 0.15) is 11.5 Å². The first-order valence-electron chi connectivity index (χ1n) is 14.1. The molecule has 0 saturated heterocycles. The van der Waals surface area contributed by atoms with E-state index in [1.54, 1.807) is 34.9 Å². The van der Waals surface area contributed by atoms with Gasteiger partial charge in [-0.25, -0.2) is 17.9 Å². The topological polar surface area (TPSA) is 172 Å². The smallest absolute Gasteiger partial charge is 1.00 e. The van der Waals surface area contributed by atoms with E-state index in [2.05, 4.69) is 5.32 Å². The maximum Gasteiger partial charge on any atom is 1.00 e. The summed E-state index contributed by atoms with van der Waals surface area (Å²) in [5, 5.41) is 37.8. The summed E-state index contributed by atoms with van der Waals surface area (Å²) in [6, 6.07) is 20.0. The normalized spacial score (nSPS) is 12.9. The van der Waals surface area contributed by atoms with Gasteiger partial charge in [-0.15, -0.1) is 0 Å². The molecule has 3 aromatic carbocycles. The summed E-state index contributed by atoms with van der Waals surface area (Å²) in [6.45, 7) is 3.71. The van der Waals surface area contributed by atoms with E-state index >= 15 is 0 Å².